The van der Waals surface area contributed by atoms with Gasteiger partial charge < -0.3 is 4.74 Å². The van der Waals surface area contributed by atoms with E-state index in [0.717, 1.165) is 4.47 Å². The van der Waals surface area contributed by atoms with Crippen molar-refractivity contribution in [1.29, 1.82) is 0 Å². The van der Waals surface area contributed by atoms with Crippen molar-refractivity contribution < 1.29 is 23.9 Å². The van der Waals surface area contributed by atoms with Crippen molar-refractivity contribution in [2.75, 3.05) is 0 Å². The summed E-state index contributed by atoms with van der Waals surface area (Å²) in [6, 6.07) is 29.3. The van der Waals surface area contributed by atoms with Crippen LogP contribution < -0.4 is 0 Å². The highest BCUT2D eigenvalue weighted by atomic mass is 79.9. The fourth-order valence-corrected chi connectivity index (χ4v) is 6.87. The maximum Gasteiger partial charge on any atom is 0.204 e. The van der Waals surface area contributed by atoms with Gasteiger partial charge in [0.15, 0.2) is 11.6 Å². The van der Waals surface area contributed by atoms with Crippen LogP contribution in [0.3, 0.4) is 0 Å². The first-order valence-electron chi connectivity index (χ1n) is 12.3. The molecule has 2 atom stereocenters. The lowest BCUT2D eigenvalue weighted by Crippen LogP contribution is -2.51. The minimum Gasteiger partial charge on any atom is -0.348 e. The largest absolute Gasteiger partial charge is 0.348 e. The number of hydrogen-bond acceptors (Lipinski definition) is 5. The Hall–Kier alpha value is -4.00. The standard InChI is InChI=1S/C32H19BrO5/c33-20-16-14-18(15-17-20)25-31(26(34)21-10-4-5-11-22(21)27(31)35)30(19-8-2-1-3-9-19)38-32(25)28(36)23-12-6-7-13-24(23)29(32)37/h1-17,25,30H. The molecule has 5 nitrogen and oxygen atoms in total. The molecule has 0 radical (unpaired) electrons. The summed E-state index contributed by atoms with van der Waals surface area (Å²) in [5.74, 6) is -3.12. The monoisotopic (exact) mass is 562 g/mol. The van der Waals surface area contributed by atoms with Crippen LogP contribution in [-0.4, -0.2) is 28.7 Å². The van der Waals surface area contributed by atoms with Crippen LogP contribution in [0.1, 0.15) is 64.6 Å². The van der Waals surface area contributed by atoms with Gasteiger partial charge in [0.05, 0.1) is 5.92 Å². The molecule has 0 aromatic heterocycles. The van der Waals surface area contributed by atoms with Crippen LogP contribution in [0.2, 0.25) is 0 Å². The molecule has 4 aromatic carbocycles. The number of ketones is 4. The van der Waals surface area contributed by atoms with Crippen molar-refractivity contribution in [3.05, 3.63) is 141 Å². The fourth-order valence-electron chi connectivity index (χ4n) is 6.61. The number of halogens is 1. The molecule has 6 heteroatoms. The Morgan fingerprint density at radius 1 is 0.526 bits per heavy atom. The fraction of sp³-hybridized carbons (Fsp3) is 0.125. The van der Waals surface area contributed by atoms with Gasteiger partial charge in [0.2, 0.25) is 17.2 Å². The van der Waals surface area contributed by atoms with Gasteiger partial charge in [-0.1, -0.05) is 107 Å². The Balaban J connectivity index is 1.59. The van der Waals surface area contributed by atoms with Crippen molar-refractivity contribution in [1.82, 2.24) is 0 Å². The van der Waals surface area contributed by atoms with Gasteiger partial charge in [-0.15, -0.1) is 0 Å². The zero-order chi connectivity index (χ0) is 26.2. The Morgan fingerprint density at radius 2 is 0.974 bits per heavy atom. The number of ether oxygens (including phenoxy) is 1. The maximum absolute atomic E-state index is 14.6. The molecule has 2 aliphatic carbocycles. The lowest BCUT2D eigenvalue weighted by atomic mass is 9.60. The summed E-state index contributed by atoms with van der Waals surface area (Å²) in [7, 11) is 0. The topological polar surface area (TPSA) is 77.5 Å². The summed E-state index contributed by atoms with van der Waals surface area (Å²) in [6.45, 7) is 0. The quantitative estimate of drug-likeness (QED) is 0.272. The van der Waals surface area contributed by atoms with Crippen molar-refractivity contribution in [2.24, 2.45) is 5.41 Å². The summed E-state index contributed by atoms with van der Waals surface area (Å²) >= 11 is 3.45. The van der Waals surface area contributed by atoms with Gasteiger partial charge in [0, 0.05) is 26.7 Å². The molecule has 0 bridgehead atoms. The first-order valence-corrected chi connectivity index (χ1v) is 13.1. The average molecular weight is 563 g/mol. The van der Waals surface area contributed by atoms with E-state index in [4.69, 9.17) is 4.74 Å². The number of rotatable bonds is 2. The van der Waals surface area contributed by atoms with E-state index >= 15 is 0 Å². The predicted octanol–water partition coefficient (Wildman–Crippen LogP) is 6.19. The molecule has 184 valence electrons. The first kappa shape index (κ1) is 23.1. The SMILES string of the molecule is O=C1c2ccccc2C(=O)C12OC(c1ccccc1)C1(C(=O)c3ccccc3C1=O)C2c1ccc(Br)cc1. The number of Topliss-reactive ketones (excluding diaryl/α,β-unsaturated/α-hetero) is 4. The van der Waals surface area contributed by atoms with E-state index in [1.54, 1.807) is 97.1 Å². The van der Waals surface area contributed by atoms with Crippen LogP contribution >= 0.6 is 15.9 Å². The second kappa shape index (κ2) is 8.00. The first-order chi connectivity index (χ1) is 18.4. The van der Waals surface area contributed by atoms with Crippen LogP contribution in [-0.2, 0) is 4.74 Å². The molecule has 2 unspecified atom stereocenters. The molecule has 1 fully saturated rings. The van der Waals surface area contributed by atoms with Crippen molar-refractivity contribution >= 4 is 39.1 Å². The highest BCUT2D eigenvalue weighted by Crippen LogP contribution is 2.67. The van der Waals surface area contributed by atoms with Crippen LogP contribution in [0.25, 0.3) is 0 Å². The lowest BCUT2D eigenvalue weighted by molar-refractivity contribution is -0.0210. The van der Waals surface area contributed by atoms with Crippen molar-refractivity contribution in [3.63, 3.8) is 0 Å². The van der Waals surface area contributed by atoms with Crippen molar-refractivity contribution in [2.45, 2.75) is 17.6 Å². The number of benzene rings is 4. The second-order valence-electron chi connectivity index (χ2n) is 9.91. The molecule has 0 amide bonds. The minimum absolute atomic E-state index is 0.235. The van der Waals surface area contributed by atoms with Crippen LogP contribution in [0.4, 0.5) is 0 Å². The van der Waals surface area contributed by atoms with E-state index in [1.165, 1.54) is 0 Å². The Bertz CT molecular complexity index is 1620. The third kappa shape index (κ3) is 2.69. The van der Waals surface area contributed by atoms with Gasteiger partial charge in [-0.25, -0.2) is 0 Å². The van der Waals surface area contributed by atoms with E-state index in [9.17, 15) is 19.2 Å². The average Bonchev–Trinajstić information content (AvgIpc) is 3.48. The lowest BCUT2D eigenvalue weighted by Gasteiger charge is -2.34. The van der Waals surface area contributed by atoms with Gasteiger partial charge in [0.25, 0.3) is 0 Å². The zero-order valence-electron chi connectivity index (χ0n) is 19.9. The summed E-state index contributed by atoms with van der Waals surface area (Å²) < 4.78 is 7.44. The number of carbonyl (C=O) groups is 4. The summed E-state index contributed by atoms with van der Waals surface area (Å²) in [4.78, 5) is 57.7. The molecule has 4 aromatic rings. The Morgan fingerprint density at radius 3 is 1.47 bits per heavy atom. The second-order valence-corrected chi connectivity index (χ2v) is 10.8. The molecule has 1 saturated heterocycles. The molecular formula is C32H19BrO5. The molecular weight excluding hydrogens is 544 g/mol. The van der Waals surface area contributed by atoms with Gasteiger partial charge in [0.1, 0.15) is 11.5 Å². The smallest absolute Gasteiger partial charge is 0.204 e. The Kier molecular flexibility index (Phi) is 4.87. The molecule has 7 rings (SSSR count). The predicted molar refractivity (Wildman–Crippen MR) is 143 cm³/mol. The van der Waals surface area contributed by atoms with Gasteiger partial charge in [-0.05, 0) is 23.3 Å². The minimum atomic E-state index is -2.08. The highest BCUT2D eigenvalue weighted by molar-refractivity contribution is 9.10. The van der Waals surface area contributed by atoms with Crippen molar-refractivity contribution in [3.8, 4) is 0 Å². The number of fused-ring (bicyclic) bond motifs is 2. The van der Waals surface area contributed by atoms with Crippen LogP contribution in [0, 0.1) is 5.41 Å². The molecule has 1 aliphatic heterocycles. The summed E-state index contributed by atoms with van der Waals surface area (Å²) in [6.07, 6.45) is -1.16. The van der Waals surface area contributed by atoms with E-state index < -0.39 is 46.2 Å². The van der Waals surface area contributed by atoms with Gasteiger partial charge in [-0.3, -0.25) is 19.2 Å². The van der Waals surface area contributed by atoms with E-state index in [-0.39, 0.29) is 22.3 Å². The van der Waals surface area contributed by atoms with E-state index in [2.05, 4.69) is 15.9 Å². The molecule has 38 heavy (non-hydrogen) atoms. The zero-order valence-corrected chi connectivity index (χ0v) is 21.5. The molecule has 3 aliphatic rings. The summed E-state index contributed by atoms with van der Waals surface area (Å²) in [5.41, 5.74) is -1.85. The van der Waals surface area contributed by atoms with Gasteiger partial charge >= 0.3 is 0 Å². The molecule has 1 heterocycles. The van der Waals surface area contributed by atoms with Gasteiger partial charge in [-0.2, -0.15) is 0 Å². The normalized spacial score (nSPS) is 22.3. The third-order valence-corrected chi connectivity index (χ3v) is 8.67. The Labute approximate surface area is 226 Å². The van der Waals surface area contributed by atoms with Crippen LogP contribution in [0.5, 0.6) is 0 Å². The van der Waals surface area contributed by atoms with E-state index in [1.807, 2.05) is 6.07 Å². The molecule has 0 N–H and O–H groups in total. The third-order valence-electron chi connectivity index (χ3n) is 8.14. The summed E-state index contributed by atoms with van der Waals surface area (Å²) in [5, 5.41) is 0. The number of carbonyl (C=O) groups excluding carboxylic acids is 4. The highest BCUT2D eigenvalue weighted by Gasteiger charge is 2.79. The van der Waals surface area contributed by atoms with E-state index in [0.29, 0.717) is 11.1 Å². The molecule has 0 saturated carbocycles. The molecule has 2 spiro atoms. The maximum atomic E-state index is 14.6. The number of hydrogen-bond donors (Lipinski definition) is 0. The van der Waals surface area contributed by atoms with Crippen LogP contribution in [0.15, 0.2) is 108 Å².